The highest BCUT2D eigenvalue weighted by atomic mass is 15.1. The van der Waals surface area contributed by atoms with Gasteiger partial charge in [-0.15, -0.1) is 0 Å². The van der Waals surface area contributed by atoms with Crippen LogP contribution in [-0.2, 0) is 14.1 Å². The van der Waals surface area contributed by atoms with Crippen molar-refractivity contribution in [3.8, 4) is 0 Å². The summed E-state index contributed by atoms with van der Waals surface area (Å²) in [5, 5.41) is 2.50. The molecule has 3 aromatic rings. The van der Waals surface area contributed by atoms with Gasteiger partial charge in [-0.2, -0.15) is 0 Å². The maximum Gasteiger partial charge on any atom is 0.128 e. The number of fused-ring (bicyclic) bond motifs is 3. The van der Waals surface area contributed by atoms with Crippen LogP contribution in [0, 0.1) is 0 Å². The zero-order valence-corrected chi connectivity index (χ0v) is 8.86. The zero-order valence-electron chi connectivity index (χ0n) is 8.86. The molecule has 0 saturated heterocycles. The van der Waals surface area contributed by atoms with Gasteiger partial charge < -0.3 is 14.9 Å². The van der Waals surface area contributed by atoms with Crippen molar-refractivity contribution in [3.63, 3.8) is 0 Å². The van der Waals surface area contributed by atoms with Gasteiger partial charge in [-0.3, -0.25) is 0 Å². The van der Waals surface area contributed by atoms with Crippen molar-refractivity contribution < 1.29 is 0 Å². The van der Waals surface area contributed by atoms with Crippen LogP contribution in [0.15, 0.2) is 30.5 Å². The lowest BCUT2D eigenvalue weighted by Gasteiger charge is -2.00. The molecule has 76 valence electrons. The second kappa shape index (κ2) is 2.57. The number of hydrogen-bond donors (Lipinski definition) is 1. The van der Waals surface area contributed by atoms with Crippen LogP contribution in [0.4, 0.5) is 5.82 Å². The molecular formula is C12H13N3. The van der Waals surface area contributed by atoms with Crippen LogP contribution in [0.25, 0.3) is 21.8 Å². The van der Waals surface area contributed by atoms with E-state index in [0.717, 1.165) is 11.3 Å². The predicted octanol–water partition coefficient (Wildman–Crippen LogP) is 2.25. The van der Waals surface area contributed by atoms with Crippen molar-refractivity contribution in [1.82, 2.24) is 9.13 Å². The fourth-order valence-electron chi connectivity index (χ4n) is 2.29. The van der Waals surface area contributed by atoms with Crippen LogP contribution >= 0.6 is 0 Å². The quantitative estimate of drug-likeness (QED) is 0.592. The Morgan fingerprint density at radius 2 is 1.80 bits per heavy atom. The summed E-state index contributed by atoms with van der Waals surface area (Å²) in [7, 11) is 4.03. The van der Waals surface area contributed by atoms with E-state index in [9.17, 15) is 0 Å². The molecule has 0 radical (unpaired) electrons. The molecule has 3 nitrogen and oxygen atoms in total. The molecule has 15 heavy (non-hydrogen) atoms. The normalized spacial score (nSPS) is 11.6. The van der Waals surface area contributed by atoms with E-state index in [1.807, 2.05) is 11.6 Å². The summed E-state index contributed by atoms with van der Waals surface area (Å²) in [5.41, 5.74) is 8.40. The Morgan fingerprint density at radius 3 is 2.60 bits per heavy atom. The van der Waals surface area contributed by atoms with Crippen molar-refractivity contribution in [3.05, 3.63) is 30.5 Å². The molecule has 2 aromatic heterocycles. The first-order chi connectivity index (χ1) is 7.20. The zero-order chi connectivity index (χ0) is 10.6. The fourth-order valence-corrected chi connectivity index (χ4v) is 2.29. The smallest absolute Gasteiger partial charge is 0.128 e. The first kappa shape index (κ1) is 8.41. The highest BCUT2D eigenvalue weighted by molar-refractivity contribution is 6.11. The molecule has 0 bridgehead atoms. The van der Waals surface area contributed by atoms with Crippen LogP contribution < -0.4 is 5.73 Å². The number of nitrogen functional groups attached to an aromatic ring is 1. The lowest BCUT2D eigenvalue weighted by molar-refractivity contribution is 0.935. The van der Waals surface area contributed by atoms with Gasteiger partial charge in [0.25, 0.3) is 0 Å². The van der Waals surface area contributed by atoms with Gasteiger partial charge >= 0.3 is 0 Å². The Labute approximate surface area is 87.7 Å². The molecule has 1 aromatic carbocycles. The summed E-state index contributed by atoms with van der Waals surface area (Å²) < 4.78 is 4.12. The maximum absolute atomic E-state index is 6.05. The largest absolute Gasteiger partial charge is 0.383 e. The van der Waals surface area contributed by atoms with E-state index in [1.54, 1.807) is 0 Å². The SMILES string of the molecule is Cn1cc2c3ccccc3n(C)c2c1N. The van der Waals surface area contributed by atoms with E-state index >= 15 is 0 Å². The topological polar surface area (TPSA) is 35.9 Å². The molecule has 0 aliphatic heterocycles. The van der Waals surface area contributed by atoms with E-state index in [2.05, 4.69) is 42.1 Å². The molecule has 2 N–H and O–H groups in total. The van der Waals surface area contributed by atoms with E-state index in [4.69, 9.17) is 5.73 Å². The Balaban J connectivity index is 2.67. The second-order valence-electron chi connectivity index (χ2n) is 3.96. The number of nitrogens with zero attached hydrogens (tertiary/aromatic N) is 2. The van der Waals surface area contributed by atoms with Crippen LogP contribution in [-0.4, -0.2) is 9.13 Å². The maximum atomic E-state index is 6.05. The van der Waals surface area contributed by atoms with Gasteiger partial charge in [-0.25, -0.2) is 0 Å². The Hall–Kier alpha value is -1.90. The molecule has 0 spiro atoms. The average molecular weight is 199 g/mol. The first-order valence-corrected chi connectivity index (χ1v) is 4.98. The minimum Gasteiger partial charge on any atom is -0.383 e. The summed E-state index contributed by atoms with van der Waals surface area (Å²) in [6, 6.07) is 8.37. The lowest BCUT2D eigenvalue weighted by Crippen LogP contribution is -1.97. The van der Waals surface area contributed by atoms with Gasteiger partial charge in [0, 0.05) is 36.6 Å². The first-order valence-electron chi connectivity index (χ1n) is 4.98. The fraction of sp³-hybridized carbons (Fsp3) is 0.167. The van der Waals surface area contributed by atoms with Crippen molar-refractivity contribution in [2.45, 2.75) is 0 Å². The van der Waals surface area contributed by atoms with E-state index < -0.39 is 0 Å². The summed E-state index contributed by atoms with van der Waals surface area (Å²) in [6.45, 7) is 0. The second-order valence-corrected chi connectivity index (χ2v) is 3.96. The number of rotatable bonds is 0. The number of nitrogens with two attached hydrogens (primary N) is 1. The summed E-state index contributed by atoms with van der Waals surface area (Å²) in [5.74, 6) is 0.823. The number of aryl methyl sites for hydroxylation is 2. The molecule has 3 rings (SSSR count). The third-order valence-corrected chi connectivity index (χ3v) is 3.09. The summed E-state index contributed by atoms with van der Waals surface area (Å²) in [6.07, 6.45) is 2.09. The molecule has 0 aliphatic carbocycles. The van der Waals surface area contributed by atoms with E-state index in [-0.39, 0.29) is 0 Å². The lowest BCUT2D eigenvalue weighted by atomic mass is 10.2. The van der Waals surface area contributed by atoms with Crippen LogP contribution in [0.1, 0.15) is 0 Å². The van der Waals surface area contributed by atoms with Crippen molar-refractivity contribution in [2.24, 2.45) is 14.1 Å². The minimum absolute atomic E-state index is 0.823. The molecule has 2 heterocycles. The number of para-hydroxylation sites is 1. The van der Waals surface area contributed by atoms with Gasteiger partial charge in [-0.1, -0.05) is 18.2 Å². The summed E-state index contributed by atoms with van der Waals surface area (Å²) >= 11 is 0. The third-order valence-electron chi connectivity index (χ3n) is 3.09. The van der Waals surface area contributed by atoms with Crippen molar-refractivity contribution in [1.29, 1.82) is 0 Å². The molecule has 0 unspecified atom stereocenters. The average Bonchev–Trinajstić information content (AvgIpc) is 2.68. The van der Waals surface area contributed by atoms with Gasteiger partial charge in [0.1, 0.15) is 5.82 Å². The highest BCUT2D eigenvalue weighted by Gasteiger charge is 2.12. The molecule has 0 saturated carbocycles. The van der Waals surface area contributed by atoms with Crippen molar-refractivity contribution >= 4 is 27.6 Å². The number of hydrogen-bond acceptors (Lipinski definition) is 1. The molecule has 3 heteroatoms. The van der Waals surface area contributed by atoms with E-state index in [0.29, 0.717) is 0 Å². The molecule has 0 fully saturated rings. The van der Waals surface area contributed by atoms with Gasteiger partial charge in [-0.05, 0) is 6.07 Å². The number of benzene rings is 1. The molecule has 0 atom stereocenters. The standard InChI is InChI=1S/C12H13N3/c1-14-7-9-8-5-3-4-6-10(8)15(2)11(9)12(14)13/h3-7H,13H2,1-2H3. The van der Waals surface area contributed by atoms with Gasteiger partial charge in [0.05, 0.1) is 5.52 Å². The van der Waals surface area contributed by atoms with Crippen LogP contribution in [0.5, 0.6) is 0 Å². The van der Waals surface area contributed by atoms with Gasteiger partial charge in [0.15, 0.2) is 0 Å². The highest BCUT2D eigenvalue weighted by Crippen LogP contribution is 2.32. The molecule has 0 amide bonds. The monoisotopic (exact) mass is 199 g/mol. The van der Waals surface area contributed by atoms with Crippen molar-refractivity contribution in [2.75, 3.05) is 5.73 Å². The number of anilines is 1. The Morgan fingerprint density at radius 1 is 1.07 bits per heavy atom. The van der Waals surface area contributed by atoms with Crippen LogP contribution in [0.3, 0.4) is 0 Å². The molecular weight excluding hydrogens is 186 g/mol. The molecule has 0 aliphatic rings. The Bertz CT molecular complexity index is 658. The van der Waals surface area contributed by atoms with Crippen LogP contribution in [0.2, 0.25) is 0 Å². The Kier molecular flexibility index (Phi) is 1.44. The third kappa shape index (κ3) is 0.897. The number of aromatic nitrogens is 2. The van der Waals surface area contributed by atoms with Gasteiger partial charge in [0.2, 0.25) is 0 Å². The predicted molar refractivity (Wildman–Crippen MR) is 63.8 cm³/mol. The minimum atomic E-state index is 0.823. The van der Waals surface area contributed by atoms with E-state index in [1.165, 1.54) is 16.3 Å². The summed E-state index contributed by atoms with van der Waals surface area (Å²) in [4.78, 5) is 0.